The van der Waals surface area contributed by atoms with Crippen molar-refractivity contribution in [3.05, 3.63) is 12.0 Å². The second-order valence-corrected chi connectivity index (χ2v) is 4.30. The van der Waals surface area contributed by atoms with Gasteiger partial charge in [-0.3, -0.25) is 0 Å². The van der Waals surface area contributed by atoms with Crippen LogP contribution in [0.5, 0.6) is 0 Å². The van der Waals surface area contributed by atoms with Gasteiger partial charge >= 0.3 is 6.18 Å². The molecule has 1 aliphatic heterocycles. The Morgan fingerprint density at radius 2 is 2.00 bits per heavy atom. The van der Waals surface area contributed by atoms with Gasteiger partial charge in [0, 0.05) is 25.9 Å². The molecular formula is C10H13F3N2O3. The number of hydrogen-bond donors (Lipinski definition) is 2. The molecule has 0 atom stereocenters. The van der Waals surface area contributed by atoms with E-state index in [1.54, 1.807) is 0 Å². The lowest BCUT2D eigenvalue weighted by molar-refractivity contribution is -0.266. The number of aliphatic hydroxyl groups excluding tert-OH is 1. The molecule has 0 aromatic carbocycles. The number of anilines is 1. The molecule has 0 radical (unpaired) electrons. The summed E-state index contributed by atoms with van der Waals surface area (Å²) in [6, 6.07) is 0.170. The van der Waals surface area contributed by atoms with Crippen molar-refractivity contribution in [2.45, 2.75) is 31.2 Å². The molecule has 1 aromatic rings. The van der Waals surface area contributed by atoms with Crippen molar-refractivity contribution in [1.82, 2.24) is 4.98 Å². The molecule has 8 heteroatoms. The van der Waals surface area contributed by atoms with Gasteiger partial charge in [0.1, 0.15) is 12.0 Å². The third kappa shape index (κ3) is 2.30. The van der Waals surface area contributed by atoms with Crippen LogP contribution in [-0.2, 0) is 6.61 Å². The summed E-state index contributed by atoms with van der Waals surface area (Å²) >= 11 is 0. The van der Waals surface area contributed by atoms with Crippen molar-refractivity contribution >= 4 is 6.01 Å². The van der Waals surface area contributed by atoms with E-state index in [1.165, 1.54) is 11.2 Å². The third-order valence-electron chi connectivity index (χ3n) is 3.09. The Labute approximate surface area is 101 Å². The number of oxazole rings is 1. The summed E-state index contributed by atoms with van der Waals surface area (Å²) in [7, 11) is 0. The van der Waals surface area contributed by atoms with Crippen LogP contribution in [0.15, 0.2) is 10.7 Å². The summed E-state index contributed by atoms with van der Waals surface area (Å²) in [6.07, 6.45) is -4.22. The molecule has 2 N–H and O–H groups in total. The largest absolute Gasteiger partial charge is 0.432 e. The van der Waals surface area contributed by atoms with E-state index in [1.807, 2.05) is 0 Å². The predicted octanol–water partition coefficient (Wildman–Crippen LogP) is 1.06. The average Bonchev–Trinajstić information content (AvgIpc) is 2.77. The zero-order chi connectivity index (χ0) is 13.4. The van der Waals surface area contributed by atoms with Gasteiger partial charge in [0.25, 0.3) is 6.01 Å². The smallest absolute Gasteiger partial charge is 0.417 e. The molecule has 18 heavy (non-hydrogen) atoms. The summed E-state index contributed by atoms with van der Waals surface area (Å²) in [6.45, 7) is -0.285. The van der Waals surface area contributed by atoms with Crippen LogP contribution in [-0.4, -0.2) is 40.1 Å². The number of aromatic nitrogens is 1. The topological polar surface area (TPSA) is 69.7 Å². The van der Waals surface area contributed by atoms with Crippen molar-refractivity contribution in [3.63, 3.8) is 0 Å². The standard InChI is InChI=1S/C10H13F3N2O3/c11-10(12,13)9(17)1-3-15(4-2-9)8-14-7(5-16)6-18-8/h6,16-17H,1-5H2. The van der Waals surface area contributed by atoms with E-state index < -0.39 is 24.6 Å². The zero-order valence-electron chi connectivity index (χ0n) is 9.44. The number of hydrogen-bond acceptors (Lipinski definition) is 5. The van der Waals surface area contributed by atoms with Gasteiger partial charge in [0.2, 0.25) is 0 Å². The summed E-state index contributed by atoms with van der Waals surface area (Å²) in [5, 5.41) is 18.3. The molecule has 0 aliphatic carbocycles. The third-order valence-corrected chi connectivity index (χ3v) is 3.09. The zero-order valence-corrected chi connectivity index (χ0v) is 9.44. The fraction of sp³-hybridized carbons (Fsp3) is 0.700. The van der Waals surface area contributed by atoms with Crippen molar-refractivity contribution in [3.8, 4) is 0 Å². The minimum absolute atomic E-state index is 0.00138. The molecule has 0 unspecified atom stereocenters. The van der Waals surface area contributed by atoms with Crippen LogP contribution >= 0.6 is 0 Å². The Hall–Kier alpha value is -1.28. The highest BCUT2D eigenvalue weighted by molar-refractivity contribution is 5.28. The summed E-state index contributed by atoms with van der Waals surface area (Å²) in [5.74, 6) is 0. The SMILES string of the molecule is OCc1coc(N2CCC(O)(C(F)(F)F)CC2)n1. The minimum atomic E-state index is -4.62. The molecule has 0 saturated carbocycles. The molecule has 2 heterocycles. The number of aliphatic hydroxyl groups is 2. The quantitative estimate of drug-likeness (QED) is 0.837. The molecule has 1 saturated heterocycles. The van der Waals surface area contributed by atoms with E-state index >= 15 is 0 Å². The molecule has 0 spiro atoms. The van der Waals surface area contributed by atoms with Gasteiger partial charge < -0.3 is 19.5 Å². The van der Waals surface area contributed by atoms with Crippen molar-refractivity contribution in [1.29, 1.82) is 0 Å². The van der Waals surface area contributed by atoms with Crippen LogP contribution in [0.1, 0.15) is 18.5 Å². The Balaban J connectivity index is 2.02. The first-order valence-corrected chi connectivity index (χ1v) is 5.45. The molecule has 1 aliphatic rings. The van der Waals surface area contributed by atoms with Gasteiger partial charge in [-0.1, -0.05) is 0 Å². The maximum absolute atomic E-state index is 12.6. The van der Waals surface area contributed by atoms with Crippen molar-refractivity contribution in [2.75, 3.05) is 18.0 Å². The summed E-state index contributed by atoms with van der Waals surface area (Å²) in [5.41, 5.74) is -2.31. The van der Waals surface area contributed by atoms with Gasteiger partial charge in [-0.2, -0.15) is 18.2 Å². The summed E-state index contributed by atoms with van der Waals surface area (Å²) in [4.78, 5) is 5.42. The second kappa shape index (κ2) is 4.43. The van der Waals surface area contributed by atoms with Crippen molar-refractivity contribution in [2.24, 2.45) is 0 Å². The van der Waals surface area contributed by atoms with E-state index in [0.29, 0.717) is 5.69 Å². The molecule has 2 rings (SSSR count). The summed E-state index contributed by atoms with van der Waals surface area (Å²) < 4.78 is 42.8. The molecule has 102 valence electrons. The van der Waals surface area contributed by atoms with Crippen molar-refractivity contribution < 1.29 is 27.8 Å². The predicted molar refractivity (Wildman–Crippen MR) is 54.9 cm³/mol. The monoisotopic (exact) mass is 266 g/mol. The number of piperidine rings is 1. The number of rotatable bonds is 2. The molecule has 5 nitrogen and oxygen atoms in total. The van der Waals surface area contributed by atoms with Crippen LogP contribution in [0.2, 0.25) is 0 Å². The first-order valence-electron chi connectivity index (χ1n) is 5.45. The lowest BCUT2D eigenvalue weighted by Crippen LogP contribution is -2.53. The van der Waals surface area contributed by atoms with Crippen LogP contribution < -0.4 is 4.90 Å². The normalized spacial score (nSPS) is 20.2. The van der Waals surface area contributed by atoms with Crippen LogP contribution in [0.3, 0.4) is 0 Å². The van der Waals surface area contributed by atoms with Crippen LogP contribution in [0.4, 0.5) is 19.2 Å². The second-order valence-electron chi connectivity index (χ2n) is 4.30. The highest BCUT2D eigenvalue weighted by Crippen LogP contribution is 2.39. The highest BCUT2D eigenvalue weighted by Gasteiger charge is 2.54. The number of halogens is 3. The molecule has 1 fully saturated rings. The molecule has 1 aromatic heterocycles. The maximum Gasteiger partial charge on any atom is 0.417 e. The number of alkyl halides is 3. The lowest BCUT2D eigenvalue weighted by atomic mass is 9.91. The van der Waals surface area contributed by atoms with Gasteiger partial charge in [-0.25, -0.2) is 0 Å². The van der Waals surface area contributed by atoms with E-state index in [0.717, 1.165) is 0 Å². The molecular weight excluding hydrogens is 253 g/mol. The molecule has 0 amide bonds. The number of nitrogens with zero attached hydrogens (tertiary/aromatic N) is 2. The Kier molecular flexibility index (Phi) is 3.24. The van der Waals surface area contributed by atoms with Gasteiger partial charge in [-0.15, -0.1) is 0 Å². The van der Waals surface area contributed by atoms with Crippen LogP contribution in [0.25, 0.3) is 0 Å². The Morgan fingerprint density at radius 1 is 1.39 bits per heavy atom. The maximum atomic E-state index is 12.6. The van der Waals surface area contributed by atoms with Gasteiger partial charge in [-0.05, 0) is 0 Å². The Morgan fingerprint density at radius 3 is 2.44 bits per heavy atom. The van der Waals surface area contributed by atoms with Gasteiger partial charge in [0.15, 0.2) is 5.60 Å². The lowest BCUT2D eigenvalue weighted by Gasteiger charge is -2.38. The van der Waals surface area contributed by atoms with E-state index in [9.17, 15) is 18.3 Å². The van der Waals surface area contributed by atoms with E-state index in [2.05, 4.69) is 4.98 Å². The fourth-order valence-corrected chi connectivity index (χ4v) is 1.87. The average molecular weight is 266 g/mol. The Bertz CT molecular complexity index is 411. The fourth-order valence-electron chi connectivity index (χ4n) is 1.87. The van der Waals surface area contributed by atoms with Crippen LogP contribution in [0, 0.1) is 0 Å². The van der Waals surface area contributed by atoms with E-state index in [-0.39, 0.29) is 25.7 Å². The minimum Gasteiger partial charge on any atom is -0.432 e. The first kappa shape index (κ1) is 13.2. The van der Waals surface area contributed by atoms with Gasteiger partial charge in [0.05, 0.1) is 6.61 Å². The molecule has 0 bridgehead atoms. The first-order chi connectivity index (χ1) is 8.36. The van der Waals surface area contributed by atoms with E-state index in [4.69, 9.17) is 9.52 Å². The highest BCUT2D eigenvalue weighted by atomic mass is 19.4.